The topological polar surface area (TPSA) is 38.7 Å². The minimum atomic E-state index is -0.315. The average molecular weight is 277 g/mol. The number of carbonyl (C=O) groups excluding carboxylic acids is 1. The van der Waals surface area contributed by atoms with Crippen LogP contribution >= 0.6 is 0 Å². The van der Waals surface area contributed by atoms with Crippen LogP contribution in [0.25, 0.3) is 16.7 Å². The number of hydrogen-bond donors (Lipinski definition) is 0. The van der Waals surface area contributed by atoms with Gasteiger partial charge in [0.1, 0.15) is 6.54 Å². The van der Waals surface area contributed by atoms with Crippen LogP contribution in [0.1, 0.15) is 18.1 Å². The normalized spacial score (nSPS) is 13.8. The van der Waals surface area contributed by atoms with E-state index in [0.29, 0.717) is 5.90 Å². The van der Waals surface area contributed by atoms with Crippen LogP contribution in [0.2, 0.25) is 0 Å². The fourth-order valence-electron chi connectivity index (χ4n) is 2.34. The van der Waals surface area contributed by atoms with Gasteiger partial charge in [-0.2, -0.15) is 0 Å². The molecule has 1 aliphatic heterocycles. The third kappa shape index (κ3) is 2.63. The number of carbonyl (C=O) groups is 1. The van der Waals surface area contributed by atoms with Gasteiger partial charge in [-0.05, 0) is 35.7 Å². The van der Waals surface area contributed by atoms with E-state index < -0.39 is 0 Å². The molecule has 0 amide bonds. The lowest BCUT2D eigenvalue weighted by Gasteiger charge is -2.11. The lowest BCUT2D eigenvalue weighted by atomic mass is 9.95. The molecule has 3 rings (SSSR count). The van der Waals surface area contributed by atoms with Crippen molar-refractivity contribution in [3.8, 4) is 11.1 Å². The fourth-order valence-corrected chi connectivity index (χ4v) is 2.34. The van der Waals surface area contributed by atoms with E-state index in [0.717, 1.165) is 27.8 Å². The molecule has 0 fully saturated rings. The summed E-state index contributed by atoms with van der Waals surface area (Å²) in [7, 11) is 0. The largest absolute Gasteiger partial charge is 0.406 e. The minimum Gasteiger partial charge on any atom is -0.406 e. The molecule has 3 heteroatoms. The maximum absolute atomic E-state index is 11.2. The van der Waals surface area contributed by atoms with Crippen molar-refractivity contribution in [2.45, 2.75) is 6.92 Å². The second-order valence-electron chi connectivity index (χ2n) is 5.00. The summed E-state index contributed by atoms with van der Waals surface area (Å²) >= 11 is 0. The van der Waals surface area contributed by atoms with Crippen LogP contribution < -0.4 is 0 Å². The van der Waals surface area contributed by atoms with Crippen LogP contribution in [-0.4, -0.2) is 18.4 Å². The average Bonchev–Trinajstić information content (AvgIpc) is 2.94. The Labute approximate surface area is 123 Å². The summed E-state index contributed by atoms with van der Waals surface area (Å²) in [5.41, 5.74) is 4.91. The van der Waals surface area contributed by atoms with Gasteiger partial charge in [0.15, 0.2) is 0 Å². The van der Waals surface area contributed by atoms with Crippen molar-refractivity contribution < 1.29 is 9.53 Å². The Morgan fingerprint density at radius 1 is 1.14 bits per heavy atom. The Bertz CT molecular complexity index is 745. The molecule has 0 spiro atoms. The molecule has 2 aromatic carbocycles. The van der Waals surface area contributed by atoms with Crippen molar-refractivity contribution in [1.29, 1.82) is 0 Å². The maximum Gasteiger partial charge on any atom is 0.334 e. The maximum atomic E-state index is 11.2. The number of ether oxygens (including phenoxy) is 1. The van der Waals surface area contributed by atoms with E-state index >= 15 is 0 Å². The lowest BCUT2D eigenvalue weighted by Crippen LogP contribution is -2.08. The first-order valence-electron chi connectivity index (χ1n) is 6.76. The summed E-state index contributed by atoms with van der Waals surface area (Å²) < 4.78 is 5.15. The molecule has 0 unspecified atom stereocenters. The highest BCUT2D eigenvalue weighted by molar-refractivity contribution is 6.07. The van der Waals surface area contributed by atoms with Crippen LogP contribution in [0.15, 0.2) is 60.1 Å². The molecular weight excluding hydrogens is 262 g/mol. The summed E-state index contributed by atoms with van der Waals surface area (Å²) in [6.07, 6.45) is 0. The predicted molar refractivity (Wildman–Crippen MR) is 84.1 cm³/mol. The molecule has 1 heterocycles. The Hall–Kier alpha value is -2.68. The van der Waals surface area contributed by atoms with Crippen molar-refractivity contribution in [1.82, 2.24) is 0 Å². The summed E-state index contributed by atoms with van der Waals surface area (Å²) in [6.45, 7) is 6.04. The highest BCUT2D eigenvalue weighted by atomic mass is 16.6. The smallest absolute Gasteiger partial charge is 0.334 e. The van der Waals surface area contributed by atoms with Crippen LogP contribution in [-0.2, 0) is 9.53 Å². The summed E-state index contributed by atoms with van der Waals surface area (Å²) in [5.74, 6) is 0.0717. The molecular formula is C18H15NO2. The van der Waals surface area contributed by atoms with E-state index in [1.807, 2.05) is 37.3 Å². The Morgan fingerprint density at radius 2 is 1.90 bits per heavy atom. The van der Waals surface area contributed by atoms with Gasteiger partial charge in [-0.3, -0.25) is 0 Å². The molecule has 21 heavy (non-hydrogen) atoms. The molecule has 1 aliphatic rings. The summed E-state index contributed by atoms with van der Waals surface area (Å²) in [4.78, 5) is 15.4. The number of rotatable bonds is 3. The van der Waals surface area contributed by atoms with Crippen molar-refractivity contribution >= 4 is 17.4 Å². The molecule has 0 radical (unpaired) electrons. The first-order valence-corrected chi connectivity index (χ1v) is 6.76. The zero-order valence-corrected chi connectivity index (χ0v) is 11.8. The first kappa shape index (κ1) is 13.3. The Morgan fingerprint density at radius 3 is 2.52 bits per heavy atom. The van der Waals surface area contributed by atoms with Gasteiger partial charge in [-0.15, -0.1) is 0 Å². The van der Waals surface area contributed by atoms with Gasteiger partial charge < -0.3 is 4.74 Å². The van der Waals surface area contributed by atoms with Gasteiger partial charge in [-0.1, -0.05) is 48.6 Å². The second kappa shape index (κ2) is 5.37. The molecule has 0 aliphatic carbocycles. The minimum absolute atomic E-state index is 0.0887. The molecule has 104 valence electrons. The third-order valence-electron chi connectivity index (χ3n) is 3.38. The van der Waals surface area contributed by atoms with E-state index in [4.69, 9.17) is 4.74 Å². The quantitative estimate of drug-likeness (QED) is 0.802. The number of hydrogen-bond acceptors (Lipinski definition) is 3. The Kier molecular flexibility index (Phi) is 3.40. The van der Waals surface area contributed by atoms with Crippen LogP contribution in [0, 0.1) is 0 Å². The van der Waals surface area contributed by atoms with E-state index in [-0.39, 0.29) is 12.5 Å². The van der Waals surface area contributed by atoms with Crippen molar-refractivity contribution in [3.05, 3.63) is 66.2 Å². The van der Waals surface area contributed by atoms with E-state index in [9.17, 15) is 4.79 Å². The highest BCUT2D eigenvalue weighted by Gasteiger charge is 2.21. The fraction of sp³-hybridized carbons (Fsp3) is 0.111. The molecule has 3 nitrogen and oxygen atoms in total. The van der Waals surface area contributed by atoms with Gasteiger partial charge >= 0.3 is 5.97 Å². The van der Waals surface area contributed by atoms with Crippen molar-refractivity contribution in [3.63, 3.8) is 0 Å². The number of aliphatic imine (C=N–C) groups is 1. The number of esters is 1. The molecule has 0 saturated carbocycles. The SMILES string of the molecule is C=C(C)c1cc(-c2ccccc2)ccc1C1=NCC(=O)O1. The van der Waals surface area contributed by atoms with E-state index in [2.05, 4.69) is 29.8 Å². The standard InChI is InChI=1S/C18H15NO2/c1-12(2)16-10-14(13-6-4-3-5-7-13)8-9-15(16)18-19-11-17(20)21-18/h3-10H,1,11H2,2H3. The Balaban J connectivity index is 2.07. The monoisotopic (exact) mass is 277 g/mol. The number of benzene rings is 2. The summed E-state index contributed by atoms with van der Waals surface area (Å²) in [5, 5.41) is 0. The first-order chi connectivity index (χ1) is 10.1. The molecule has 0 atom stereocenters. The zero-order valence-electron chi connectivity index (χ0n) is 11.8. The molecule has 2 aromatic rings. The summed E-state index contributed by atoms with van der Waals surface area (Å²) in [6, 6.07) is 16.1. The van der Waals surface area contributed by atoms with Gasteiger partial charge in [0.25, 0.3) is 0 Å². The zero-order chi connectivity index (χ0) is 14.8. The predicted octanol–water partition coefficient (Wildman–Crippen LogP) is 3.69. The van der Waals surface area contributed by atoms with Crippen molar-refractivity contribution in [2.24, 2.45) is 4.99 Å². The number of cyclic esters (lactones) is 1. The molecule has 0 aromatic heterocycles. The molecule has 0 bridgehead atoms. The molecule has 0 saturated heterocycles. The second-order valence-corrected chi connectivity index (χ2v) is 5.00. The number of nitrogens with zero attached hydrogens (tertiary/aromatic N) is 1. The van der Waals surface area contributed by atoms with Gasteiger partial charge in [0.2, 0.25) is 5.90 Å². The van der Waals surface area contributed by atoms with Crippen LogP contribution in [0.3, 0.4) is 0 Å². The van der Waals surface area contributed by atoms with E-state index in [1.165, 1.54) is 0 Å². The molecule has 0 N–H and O–H groups in total. The van der Waals surface area contributed by atoms with Crippen LogP contribution in [0.5, 0.6) is 0 Å². The third-order valence-corrected chi connectivity index (χ3v) is 3.38. The highest BCUT2D eigenvalue weighted by Crippen LogP contribution is 2.27. The van der Waals surface area contributed by atoms with Crippen molar-refractivity contribution in [2.75, 3.05) is 6.54 Å². The number of allylic oxidation sites excluding steroid dienone is 1. The van der Waals surface area contributed by atoms with Gasteiger partial charge in [-0.25, -0.2) is 9.79 Å². The lowest BCUT2D eigenvalue weighted by molar-refractivity contribution is -0.132. The van der Waals surface area contributed by atoms with E-state index in [1.54, 1.807) is 0 Å². The van der Waals surface area contributed by atoms with Crippen LogP contribution in [0.4, 0.5) is 0 Å². The van der Waals surface area contributed by atoms with Gasteiger partial charge in [0, 0.05) is 5.56 Å². The van der Waals surface area contributed by atoms with Gasteiger partial charge in [0.05, 0.1) is 0 Å².